The molecule has 9 nitrogen and oxygen atoms in total. The van der Waals surface area contributed by atoms with Crippen molar-refractivity contribution in [2.45, 2.75) is 19.0 Å². The largest absolute Gasteiger partial charge is 0.469 e. The molecule has 2 rings (SSSR count). The lowest BCUT2D eigenvalue weighted by atomic mass is 10.1. The number of esters is 1. The molecule has 1 heterocycles. The molecule has 29 heavy (non-hydrogen) atoms. The van der Waals surface area contributed by atoms with Crippen LogP contribution in [0, 0.1) is 10.1 Å². The number of halogens is 3. The van der Waals surface area contributed by atoms with Gasteiger partial charge in [-0.2, -0.15) is 13.2 Å². The molecule has 1 aromatic carbocycles. The van der Waals surface area contributed by atoms with Crippen molar-refractivity contribution in [3.05, 3.63) is 45.0 Å². The molecule has 0 aliphatic heterocycles. The van der Waals surface area contributed by atoms with E-state index in [2.05, 4.69) is 20.4 Å². The van der Waals surface area contributed by atoms with Gasteiger partial charge in [0.2, 0.25) is 5.91 Å². The summed E-state index contributed by atoms with van der Waals surface area (Å²) in [6.07, 6.45) is -4.87. The molecule has 0 atom stereocenters. The third-order valence-corrected chi connectivity index (χ3v) is 4.35. The lowest BCUT2D eigenvalue weighted by Crippen LogP contribution is -2.17. The number of nitrogens with one attached hydrogen (secondary N) is 2. The van der Waals surface area contributed by atoms with Crippen LogP contribution in [0.2, 0.25) is 0 Å². The molecule has 0 bridgehead atoms. The van der Waals surface area contributed by atoms with E-state index < -0.39 is 34.2 Å². The first-order chi connectivity index (χ1) is 13.6. The molecule has 2 aromatic rings. The molecule has 13 heteroatoms. The summed E-state index contributed by atoms with van der Waals surface area (Å²) in [5, 5.41) is 17.9. The topological polar surface area (TPSA) is 123 Å². The number of benzene rings is 1. The van der Waals surface area contributed by atoms with Gasteiger partial charge in [0, 0.05) is 24.4 Å². The van der Waals surface area contributed by atoms with Gasteiger partial charge in [0.25, 0.3) is 5.69 Å². The van der Waals surface area contributed by atoms with Crippen LogP contribution in [0.15, 0.2) is 23.6 Å². The standard InChI is InChI=1S/C16H15F3N4O5S/c1-28-14(25)7-10-8-29-15(21-10)22-13(24)4-5-20-11-3-2-9(16(17,18)19)6-12(11)23(26)27/h2-3,6,8,20H,4-5,7H2,1H3,(H,21,22,24). The number of nitrogens with zero attached hydrogens (tertiary/aromatic N) is 2. The number of methoxy groups -OCH3 is 1. The molecule has 0 saturated carbocycles. The van der Waals surface area contributed by atoms with Gasteiger partial charge in [0.1, 0.15) is 5.69 Å². The first kappa shape index (κ1) is 22.1. The number of hydrogen-bond acceptors (Lipinski definition) is 8. The Bertz CT molecular complexity index is 916. The van der Waals surface area contributed by atoms with Crippen molar-refractivity contribution in [1.29, 1.82) is 0 Å². The fourth-order valence-electron chi connectivity index (χ4n) is 2.17. The fraction of sp³-hybridized carbons (Fsp3) is 0.312. The van der Waals surface area contributed by atoms with Crippen LogP contribution in [0.5, 0.6) is 0 Å². The van der Waals surface area contributed by atoms with Gasteiger partial charge in [0.15, 0.2) is 5.13 Å². The van der Waals surface area contributed by atoms with E-state index in [1.807, 2.05) is 0 Å². The summed E-state index contributed by atoms with van der Waals surface area (Å²) in [4.78, 5) is 37.2. The summed E-state index contributed by atoms with van der Waals surface area (Å²) in [6, 6.07) is 2.09. The van der Waals surface area contributed by atoms with Gasteiger partial charge < -0.3 is 15.4 Å². The van der Waals surface area contributed by atoms with Crippen LogP contribution in [0.1, 0.15) is 17.7 Å². The third-order valence-electron chi connectivity index (χ3n) is 3.54. The minimum Gasteiger partial charge on any atom is -0.469 e. The molecule has 0 aliphatic carbocycles. The number of carbonyl (C=O) groups is 2. The SMILES string of the molecule is COC(=O)Cc1csc(NC(=O)CCNc2ccc(C(F)(F)F)cc2[N+](=O)[O-])n1. The lowest BCUT2D eigenvalue weighted by Gasteiger charge is -2.10. The van der Waals surface area contributed by atoms with Crippen molar-refractivity contribution in [2.24, 2.45) is 0 Å². The van der Waals surface area contributed by atoms with Crippen molar-refractivity contribution in [2.75, 3.05) is 24.3 Å². The molecule has 0 unspecified atom stereocenters. The smallest absolute Gasteiger partial charge is 0.416 e. The number of thiazole rings is 1. The molecule has 1 aromatic heterocycles. The highest BCUT2D eigenvalue weighted by atomic mass is 32.1. The van der Waals surface area contributed by atoms with Gasteiger partial charge in [-0.05, 0) is 12.1 Å². The number of nitro groups is 1. The van der Waals surface area contributed by atoms with Crippen molar-refractivity contribution < 1.29 is 32.4 Å². The summed E-state index contributed by atoms with van der Waals surface area (Å²) in [7, 11) is 1.24. The Morgan fingerprint density at radius 3 is 2.69 bits per heavy atom. The fourth-order valence-corrected chi connectivity index (χ4v) is 2.89. The average molecular weight is 432 g/mol. The number of hydrogen-bond donors (Lipinski definition) is 2. The van der Waals surface area contributed by atoms with E-state index in [0.717, 1.165) is 17.4 Å². The second kappa shape index (κ2) is 9.32. The van der Waals surface area contributed by atoms with Gasteiger partial charge in [0.05, 0.1) is 29.7 Å². The van der Waals surface area contributed by atoms with Crippen LogP contribution in [-0.4, -0.2) is 35.4 Å². The Kier molecular flexibility index (Phi) is 7.09. The third kappa shape index (κ3) is 6.41. The van der Waals surface area contributed by atoms with Gasteiger partial charge in [-0.25, -0.2) is 4.98 Å². The second-order valence-corrected chi connectivity index (χ2v) is 6.47. The number of amides is 1. The molecule has 0 fully saturated rings. The quantitative estimate of drug-likeness (QED) is 0.373. The van der Waals surface area contributed by atoms with Crippen molar-refractivity contribution >= 4 is 39.7 Å². The van der Waals surface area contributed by atoms with Gasteiger partial charge in [-0.3, -0.25) is 19.7 Å². The Hall–Kier alpha value is -3.22. The van der Waals surface area contributed by atoms with E-state index in [9.17, 15) is 32.9 Å². The highest BCUT2D eigenvalue weighted by molar-refractivity contribution is 7.13. The number of rotatable bonds is 8. The molecule has 0 saturated heterocycles. The molecule has 1 amide bonds. The predicted molar refractivity (Wildman–Crippen MR) is 97.7 cm³/mol. The van der Waals surface area contributed by atoms with Gasteiger partial charge in [-0.15, -0.1) is 11.3 Å². The minimum absolute atomic E-state index is 0.0397. The van der Waals surface area contributed by atoms with Crippen LogP contribution in [0.25, 0.3) is 0 Å². The normalized spacial score (nSPS) is 11.0. The number of alkyl halides is 3. The van der Waals surface area contributed by atoms with E-state index in [-0.39, 0.29) is 30.2 Å². The molecular formula is C16H15F3N4O5S. The monoisotopic (exact) mass is 432 g/mol. The minimum atomic E-state index is -4.70. The average Bonchev–Trinajstić information content (AvgIpc) is 3.07. The lowest BCUT2D eigenvalue weighted by molar-refractivity contribution is -0.384. The highest BCUT2D eigenvalue weighted by Gasteiger charge is 2.33. The zero-order valence-corrected chi connectivity index (χ0v) is 15.7. The van der Waals surface area contributed by atoms with Crippen molar-refractivity contribution in [3.8, 4) is 0 Å². The summed E-state index contributed by atoms with van der Waals surface area (Å²) >= 11 is 1.10. The van der Waals surface area contributed by atoms with E-state index in [4.69, 9.17) is 0 Å². The van der Waals surface area contributed by atoms with Gasteiger partial charge >= 0.3 is 12.1 Å². The van der Waals surface area contributed by atoms with Crippen LogP contribution >= 0.6 is 11.3 Å². The van der Waals surface area contributed by atoms with Gasteiger partial charge in [-0.1, -0.05) is 0 Å². The van der Waals surface area contributed by atoms with Crippen LogP contribution in [-0.2, 0) is 26.9 Å². The maximum absolute atomic E-state index is 12.7. The van der Waals surface area contributed by atoms with Crippen molar-refractivity contribution in [3.63, 3.8) is 0 Å². The zero-order valence-electron chi connectivity index (χ0n) is 14.9. The maximum atomic E-state index is 12.7. The molecule has 2 N–H and O–H groups in total. The Morgan fingerprint density at radius 1 is 1.34 bits per heavy atom. The molecular weight excluding hydrogens is 417 g/mol. The molecule has 0 spiro atoms. The molecule has 0 aliphatic rings. The summed E-state index contributed by atoms with van der Waals surface area (Å²) < 4.78 is 42.6. The summed E-state index contributed by atoms with van der Waals surface area (Å²) in [5.41, 5.74) is -1.59. The summed E-state index contributed by atoms with van der Waals surface area (Å²) in [6.45, 7) is -0.0571. The predicted octanol–water partition coefficient (Wildman–Crippen LogP) is 3.23. The highest BCUT2D eigenvalue weighted by Crippen LogP contribution is 2.34. The second-order valence-electron chi connectivity index (χ2n) is 5.61. The zero-order chi connectivity index (χ0) is 21.6. The number of ether oxygens (including phenoxy) is 1. The number of aromatic nitrogens is 1. The Balaban J connectivity index is 1.92. The maximum Gasteiger partial charge on any atom is 0.416 e. The number of nitro benzene ring substituents is 1. The van der Waals surface area contributed by atoms with E-state index in [0.29, 0.717) is 17.8 Å². The Morgan fingerprint density at radius 2 is 2.07 bits per heavy atom. The number of anilines is 2. The number of carbonyl (C=O) groups excluding carboxylic acids is 2. The van der Waals surface area contributed by atoms with Crippen LogP contribution < -0.4 is 10.6 Å². The van der Waals surface area contributed by atoms with Crippen LogP contribution in [0.4, 0.5) is 29.7 Å². The molecule has 0 radical (unpaired) electrons. The first-order valence-corrected chi connectivity index (χ1v) is 8.88. The molecule has 156 valence electrons. The first-order valence-electron chi connectivity index (χ1n) is 8.00. The van der Waals surface area contributed by atoms with Crippen LogP contribution in [0.3, 0.4) is 0 Å². The van der Waals surface area contributed by atoms with E-state index in [1.165, 1.54) is 7.11 Å². The van der Waals surface area contributed by atoms with E-state index >= 15 is 0 Å². The van der Waals surface area contributed by atoms with Crippen molar-refractivity contribution in [1.82, 2.24) is 4.98 Å². The van der Waals surface area contributed by atoms with E-state index in [1.54, 1.807) is 5.38 Å². The summed E-state index contributed by atoms with van der Waals surface area (Å²) in [5.74, 6) is -0.943. The Labute approximate surface area is 166 Å².